The Morgan fingerprint density at radius 2 is 1.26 bits per heavy atom. The Kier molecular flexibility index (Phi) is 7.39. The Hall–Kier alpha value is -3.81. The predicted octanol–water partition coefficient (Wildman–Crippen LogP) is 3.85. The van der Waals surface area contributed by atoms with E-state index in [9.17, 15) is 24.0 Å². The third-order valence-electron chi connectivity index (χ3n) is 6.39. The van der Waals surface area contributed by atoms with Crippen molar-refractivity contribution >= 4 is 29.6 Å². The number of carbonyl (C=O) groups excluding carboxylic acids is 5. The molecule has 35 heavy (non-hydrogen) atoms. The molecule has 2 aromatic rings. The van der Waals surface area contributed by atoms with Crippen LogP contribution in [0.15, 0.2) is 48.5 Å². The minimum absolute atomic E-state index is 0.182. The van der Waals surface area contributed by atoms with Crippen molar-refractivity contribution in [2.75, 3.05) is 13.2 Å². The van der Waals surface area contributed by atoms with Gasteiger partial charge < -0.3 is 4.74 Å². The lowest BCUT2D eigenvalue weighted by Crippen LogP contribution is -2.45. The summed E-state index contributed by atoms with van der Waals surface area (Å²) in [5, 5.41) is 0. The second kappa shape index (κ2) is 10.6. The van der Waals surface area contributed by atoms with Gasteiger partial charge in [0.25, 0.3) is 23.6 Å². The molecule has 8 heteroatoms. The maximum atomic E-state index is 13.0. The van der Waals surface area contributed by atoms with Crippen molar-refractivity contribution in [1.29, 1.82) is 0 Å². The Labute approximate surface area is 203 Å². The highest BCUT2D eigenvalue weighted by atomic mass is 16.5. The summed E-state index contributed by atoms with van der Waals surface area (Å²) in [5.74, 6) is -2.31. The number of amides is 4. The zero-order valence-electron chi connectivity index (χ0n) is 19.7. The van der Waals surface area contributed by atoms with Gasteiger partial charge >= 0.3 is 5.97 Å². The summed E-state index contributed by atoms with van der Waals surface area (Å²) < 4.78 is 5.42. The molecular weight excluding hydrogens is 448 g/mol. The molecule has 8 nitrogen and oxygen atoms in total. The molecule has 2 aliphatic heterocycles. The van der Waals surface area contributed by atoms with Crippen LogP contribution in [0.2, 0.25) is 0 Å². The van der Waals surface area contributed by atoms with E-state index in [1.54, 1.807) is 48.5 Å². The molecule has 0 bridgehead atoms. The van der Waals surface area contributed by atoms with Gasteiger partial charge in [-0.1, -0.05) is 44.0 Å². The van der Waals surface area contributed by atoms with Crippen LogP contribution in [-0.2, 0) is 9.53 Å². The molecular formula is C27H28N2O6. The second-order valence-corrected chi connectivity index (χ2v) is 8.72. The first kappa shape index (κ1) is 24.3. The molecule has 0 saturated heterocycles. The highest BCUT2D eigenvalue weighted by Gasteiger charge is 2.43. The molecule has 0 saturated carbocycles. The number of ether oxygens (including phenoxy) is 1. The number of hydrogen-bond donors (Lipinski definition) is 0. The molecule has 1 atom stereocenters. The number of rotatable bonds is 11. The molecule has 2 aromatic carbocycles. The van der Waals surface area contributed by atoms with Gasteiger partial charge in [-0.05, 0) is 49.9 Å². The molecule has 0 radical (unpaired) electrons. The van der Waals surface area contributed by atoms with E-state index in [2.05, 4.69) is 0 Å². The Balaban J connectivity index is 1.41. The van der Waals surface area contributed by atoms with Crippen LogP contribution >= 0.6 is 0 Å². The lowest BCUT2D eigenvalue weighted by molar-refractivity contribution is -0.148. The van der Waals surface area contributed by atoms with Crippen molar-refractivity contribution in [3.05, 3.63) is 70.8 Å². The van der Waals surface area contributed by atoms with Gasteiger partial charge in [0.05, 0.1) is 28.9 Å². The van der Waals surface area contributed by atoms with Gasteiger partial charge in [-0.3, -0.25) is 29.0 Å². The lowest BCUT2D eigenvalue weighted by Gasteiger charge is -2.25. The average molecular weight is 477 g/mol. The summed E-state index contributed by atoms with van der Waals surface area (Å²) >= 11 is 0. The van der Waals surface area contributed by atoms with Crippen molar-refractivity contribution in [3.63, 3.8) is 0 Å². The van der Waals surface area contributed by atoms with E-state index >= 15 is 0 Å². The summed E-state index contributed by atoms with van der Waals surface area (Å²) in [6.07, 6.45) is 3.60. The number of benzene rings is 2. The molecule has 182 valence electrons. The lowest BCUT2D eigenvalue weighted by atomic mass is 10.1. The molecule has 0 N–H and O–H groups in total. The summed E-state index contributed by atoms with van der Waals surface area (Å²) in [6.45, 7) is 2.45. The largest absolute Gasteiger partial charge is 0.464 e. The molecule has 0 aliphatic carbocycles. The minimum Gasteiger partial charge on any atom is -0.464 e. The van der Waals surface area contributed by atoms with Gasteiger partial charge in [-0.2, -0.15) is 0 Å². The van der Waals surface area contributed by atoms with Crippen LogP contribution in [0.4, 0.5) is 0 Å². The zero-order chi connectivity index (χ0) is 24.9. The second-order valence-electron chi connectivity index (χ2n) is 8.72. The quantitative estimate of drug-likeness (QED) is 0.277. The summed E-state index contributed by atoms with van der Waals surface area (Å²) in [4.78, 5) is 66.3. The number of esters is 1. The molecule has 0 spiro atoms. The number of imide groups is 2. The van der Waals surface area contributed by atoms with E-state index in [1.807, 2.05) is 6.92 Å². The van der Waals surface area contributed by atoms with Crippen LogP contribution in [0.25, 0.3) is 0 Å². The van der Waals surface area contributed by atoms with Crippen LogP contribution in [0.3, 0.4) is 0 Å². The fourth-order valence-corrected chi connectivity index (χ4v) is 4.51. The third kappa shape index (κ3) is 4.73. The fraction of sp³-hybridized carbons (Fsp3) is 0.370. The Morgan fingerprint density at radius 3 is 1.77 bits per heavy atom. The monoisotopic (exact) mass is 476 g/mol. The third-order valence-corrected chi connectivity index (χ3v) is 6.39. The molecule has 0 unspecified atom stereocenters. The maximum absolute atomic E-state index is 13.0. The fourth-order valence-electron chi connectivity index (χ4n) is 4.51. The van der Waals surface area contributed by atoms with Gasteiger partial charge in [-0.15, -0.1) is 0 Å². The number of nitrogens with zero attached hydrogens (tertiary/aromatic N) is 2. The zero-order valence-corrected chi connectivity index (χ0v) is 19.7. The van der Waals surface area contributed by atoms with E-state index in [1.165, 1.54) is 4.90 Å². The minimum atomic E-state index is -1.06. The van der Waals surface area contributed by atoms with Crippen molar-refractivity contribution in [2.45, 2.75) is 51.5 Å². The molecule has 4 amide bonds. The molecule has 4 rings (SSSR count). The van der Waals surface area contributed by atoms with E-state index in [0.717, 1.165) is 17.7 Å². The first-order valence-electron chi connectivity index (χ1n) is 12.0. The van der Waals surface area contributed by atoms with Crippen molar-refractivity contribution in [2.24, 2.45) is 0 Å². The SMILES string of the molecule is CCCCCOC(=O)[C@H](CCCCN1C(=O)c2ccccc2C1=O)N1C(=O)c2ccccc2C1=O. The Bertz CT molecular complexity index is 1100. The average Bonchev–Trinajstić information content (AvgIpc) is 3.27. The van der Waals surface area contributed by atoms with Gasteiger partial charge in [0.15, 0.2) is 0 Å². The molecule has 0 fully saturated rings. The van der Waals surface area contributed by atoms with Gasteiger partial charge in [0.2, 0.25) is 0 Å². The van der Waals surface area contributed by atoms with Crippen LogP contribution in [0.5, 0.6) is 0 Å². The maximum Gasteiger partial charge on any atom is 0.329 e. The van der Waals surface area contributed by atoms with Crippen LogP contribution < -0.4 is 0 Å². The summed E-state index contributed by atoms with van der Waals surface area (Å²) in [6, 6.07) is 12.1. The first-order valence-corrected chi connectivity index (χ1v) is 12.0. The molecule has 2 heterocycles. The Morgan fingerprint density at radius 1 is 0.743 bits per heavy atom. The van der Waals surface area contributed by atoms with Crippen LogP contribution in [-0.4, -0.2) is 58.6 Å². The van der Waals surface area contributed by atoms with Gasteiger partial charge in [-0.25, -0.2) is 4.79 Å². The van der Waals surface area contributed by atoms with E-state index in [0.29, 0.717) is 30.4 Å². The molecule has 0 aromatic heterocycles. The highest BCUT2D eigenvalue weighted by molar-refractivity contribution is 6.23. The number of unbranched alkanes of at least 4 members (excludes halogenated alkanes) is 3. The predicted molar refractivity (Wildman–Crippen MR) is 127 cm³/mol. The number of hydrogen-bond acceptors (Lipinski definition) is 6. The molecule has 2 aliphatic rings. The van der Waals surface area contributed by atoms with E-state index in [-0.39, 0.29) is 42.5 Å². The normalized spacial score (nSPS) is 15.5. The summed E-state index contributed by atoms with van der Waals surface area (Å²) in [5.41, 5.74) is 1.31. The standard InChI is InChI=1S/C27H28N2O6/c1-2-3-10-17-35-27(34)22(29-25(32)20-13-6-7-14-21(20)26(29)33)15-8-9-16-28-23(30)18-11-4-5-12-19(18)24(28)31/h4-7,11-14,22H,2-3,8-10,15-17H2,1H3/t22-/m0/s1. The van der Waals surface area contributed by atoms with Crippen LogP contribution in [0.1, 0.15) is 86.9 Å². The highest BCUT2D eigenvalue weighted by Crippen LogP contribution is 2.28. The van der Waals surface area contributed by atoms with Gasteiger partial charge in [0, 0.05) is 6.54 Å². The number of fused-ring (bicyclic) bond motifs is 2. The smallest absolute Gasteiger partial charge is 0.329 e. The van der Waals surface area contributed by atoms with Gasteiger partial charge in [0.1, 0.15) is 6.04 Å². The first-order chi connectivity index (χ1) is 17.0. The number of carbonyl (C=O) groups is 5. The van der Waals surface area contributed by atoms with Crippen molar-refractivity contribution in [1.82, 2.24) is 9.80 Å². The van der Waals surface area contributed by atoms with E-state index in [4.69, 9.17) is 4.74 Å². The van der Waals surface area contributed by atoms with Crippen LogP contribution in [0, 0.1) is 0 Å². The van der Waals surface area contributed by atoms with E-state index < -0.39 is 23.8 Å². The summed E-state index contributed by atoms with van der Waals surface area (Å²) in [7, 11) is 0. The van der Waals surface area contributed by atoms with Crippen molar-refractivity contribution in [3.8, 4) is 0 Å². The van der Waals surface area contributed by atoms with Crippen molar-refractivity contribution < 1.29 is 28.7 Å². The topological polar surface area (TPSA) is 101 Å².